The summed E-state index contributed by atoms with van der Waals surface area (Å²) in [5, 5.41) is -1.04. The predicted molar refractivity (Wildman–Crippen MR) is 67.0 cm³/mol. The second-order valence-corrected chi connectivity index (χ2v) is 4.36. The van der Waals surface area contributed by atoms with Gasteiger partial charge in [0.05, 0.1) is 12.5 Å². The third kappa shape index (κ3) is 2.84. The molecule has 0 bridgehead atoms. The first-order chi connectivity index (χ1) is 9.02. The van der Waals surface area contributed by atoms with Gasteiger partial charge < -0.3 is 4.74 Å². The molecule has 1 atom stereocenters. The van der Waals surface area contributed by atoms with Crippen LogP contribution in [0.4, 0.5) is 13.2 Å². The van der Waals surface area contributed by atoms with E-state index in [0.717, 1.165) is 12.1 Å². The Morgan fingerprint density at radius 2 is 1.53 bits per heavy atom. The number of alkyl halides is 1. The Kier molecular flexibility index (Phi) is 4.00. The van der Waals surface area contributed by atoms with Crippen molar-refractivity contribution in [3.8, 4) is 5.75 Å². The van der Waals surface area contributed by atoms with Crippen molar-refractivity contribution in [3.63, 3.8) is 0 Å². The van der Waals surface area contributed by atoms with E-state index < -0.39 is 22.8 Å². The number of halogens is 4. The van der Waals surface area contributed by atoms with E-state index in [4.69, 9.17) is 16.3 Å². The van der Waals surface area contributed by atoms with Gasteiger partial charge in [-0.25, -0.2) is 13.2 Å². The molecule has 2 aromatic rings. The quantitative estimate of drug-likeness (QED) is 0.758. The lowest BCUT2D eigenvalue weighted by atomic mass is 10.0. The normalized spacial score (nSPS) is 12.3. The molecule has 1 nitrogen and oxygen atoms in total. The van der Waals surface area contributed by atoms with Crippen LogP contribution in [0.2, 0.25) is 0 Å². The second kappa shape index (κ2) is 5.53. The molecule has 5 heteroatoms. The van der Waals surface area contributed by atoms with Gasteiger partial charge in [0.1, 0.15) is 23.2 Å². The van der Waals surface area contributed by atoms with Crippen molar-refractivity contribution in [1.82, 2.24) is 0 Å². The standard InChI is InChI=1S/C14H10ClF3O/c1-19-10-6-11(17)13(12(18)7-10)14(15)8-2-4-9(16)5-3-8/h2-7,14H,1H3. The van der Waals surface area contributed by atoms with Crippen LogP contribution in [0.25, 0.3) is 0 Å². The molecule has 0 saturated carbocycles. The molecule has 100 valence electrons. The lowest BCUT2D eigenvalue weighted by Gasteiger charge is -2.13. The highest BCUT2D eigenvalue weighted by molar-refractivity contribution is 6.22. The maximum absolute atomic E-state index is 13.8. The van der Waals surface area contributed by atoms with Gasteiger partial charge >= 0.3 is 0 Å². The molecule has 0 aliphatic rings. The molecule has 2 aromatic carbocycles. The van der Waals surface area contributed by atoms with Gasteiger partial charge in [0, 0.05) is 17.7 Å². The van der Waals surface area contributed by atoms with Gasteiger partial charge in [-0.1, -0.05) is 12.1 Å². The summed E-state index contributed by atoms with van der Waals surface area (Å²) in [6, 6.07) is 7.24. The van der Waals surface area contributed by atoms with Crippen molar-refractivity contribution in [2.75, 3.05) is 7.11 Å². The largest absolute Gasteiger partial charge is 0.497 e. The van der Waals surface area contributed by atoms with Crippen molar-refractivity contribution in [3.05, 3.63) is 65.0 Å². The molecular formula is C14H10ClF3O. The molecule has 0 aliphatic heterocycles. The monoisotopic (exact) mass is 286 g/mol. The Labute approximate surface area is 113 Å². The van der Waals surface area contributed by atoms with E-state index >= 15 is 0 Å². The van der Waals surface area contributed by atoms with E-state index in [1.54, 1.807) is 0 Å². The lowest BCUT2D eigenvalue weighted by Crippen LogP contribution is -2.02. The molecule has 2 rings (SSSR count). The van der Waals surface area contributed by atoms with E-state index in [1.807, 2.05) is 0 Å². The van der Waals surface area contributed by atoms with Gasteiger partial charge in [-0.3, -0.25) is 0 Å². The third-order valence-electron chi connectivity index (χ3n) is 2.70. The summed E-state index contributed by atoms with van der Waals surface area (Å²) in [6.07, 6.45) is 0. The number of hydrogen-bond acceptors (Lipinski definition) is 1. The van der Waals surface area contributed by atoms with Crippen LogP contribution in [-0.2, 0) is 0 Å². The molecule has 19 heavy (non-hydrogen) atoms. The predicted octanol–water partition coefficient (Wildman–Crippen LogP) is 4.44. The third-order valence-corrected chi connectivity index (χ3v) is 3.17. The molecular weight excluding hydrogens is 277 g/mol. The summed E-state index contributed by atoms with van der Waals surface area (Å²) >= 11 is 6.05. The van der Waals surface area contributed by atoms with Crippen LogP contribution < -0.4 is 4.74 Å². The van der Waals surface area contributed by atoms with E-state index in [9.17, 15) is 13.2 Å². The zero-order valence-electron chi connectivity index (χ0n) is 9.96. The average molecular weight is 287 g/mol. The minimum Gasteiger partial charge on any atom is -0.497 e. The fourth-order valence-corrected chi connectivity index (χ4v) is 2.07. The molecule has 0 heterocycles. The van der Waals surface area contributed by atoms with Gasteiger partial charge in [0.2, 0.25) is 0 Å². The zero-order valence-corrected chi connectivity index (χ0v) is 10.7. The Hall–Kier alpha value is -1.68. The van der Waals surface area contributed by atoms with E-state index in [-0.39, 0.29) is 11.3 Å². The maximum Gasteiger partial charge on any atom is 0.134 e. The summed E-state index contributed by atoms with van der Waals surface area (Å²) < 4.78 is 45.2. The molecule has 1 unspecified atom stereocenters. The van der Waals surface area contributed by atoms with E-state index in [0.29, 0.717) is 5.56 Å². The number of ether oxygens (including phenoxy) is 1. The summed E-state index contributed by atoms with van der Waals surface area (Å²) in [5.41, 5.74) is 0.125. The molecule has 0 aliphatic carbocycles. The average Bonchev–Trinajstić information content (AvgIpc) is 2.38. The smallest absolute Gasteiger partial charge is 0.134 e. The first kappa shape index (κ1) is 13.7. The highest BCUT2D eigenvalue weighted by Gasteiger charge is 2.21. The Morgan fingerprint density at radius 1 is 1.00 bits per heavy atom. The molecule has 0 N–H and O–H groups in total. The molecule has 0 aromatic heterocycles. The van der Waals surface area contributed by atoms with Gasteiger partial charge in [-0.05, 0) is 17.7 Å². The van der Waals surface area contributed by atoms with Gasteiger partial charge in [-0.15, -0.1) is 11.6 Å². The SMILES string of the molecule is COc1cc(F)c(C(Cl)c2ccc(F)cc2)c(F)c1. The van der Waals surface area contributed by atoms with Gasteiger partial charge in [0.15, 0.2) is 0 Å². The highest BCUT2D eigenvalue weighted by atomic mass is 35.5. The Bertz CT molecular complexity index is 561. The van der Waals surface area contributed by atoms with E-state index in [2.05, 4.69) is 0 Å². The fraction of sp³-hybridized carbons (Fsp3) is 0.143. The van der Waals surface area contributed by atoms with Crippen molar-refractivity contribution >= 4 is 11.6 Å². The summed E-state index contributed by atoms with van der Waals surface area (Å²) in [4.78, 5) is 0. The fourth-order valence-electron chi connectivity index (χ4n) is 1.72. The van der Waals surface area contributed by atoms with Crippen LogP contribution >= 0.6 is 11.6 Å². The first-order valence-corrected chi connectivity index (χ1v) is 5.89. The van der Waals surface area contributed by atoms with Crippen molar-refractivity contribution in [2.45, 2.75) is 5.38 Å². The van der Waals surface area contributed by atoms with Gasteiger partial charge in [-0.2, -0.15) is 0 Å². The lowest BCUT2D eigenvalue weighted by molar-refractivity contribution is 0.405. The zero-order chi connectivity index (χ0) is 14.0. The van der Waals surface area contributed by atoms with Crippen molar-refractivity contribution < 1.29 is 17.9 Å². The maximum atomic E-state index is 13.8. The molecule has 0 amide bonds. The number of methoxy groups -OCH3 is 1. The van der Waals surface area contributed by atoms with Crippen LogP contribution in [0.5, 0.6) is 5.75 Å². The minimum absolute atomic E-state index is 0.0710. The van der Waals surface area contributed by atoms with Crippen LogP contribution in [-0.4, -0.2) is 7.11 Å². The summed E-state index contributed by atoms with van der Waals surface area (Å²) in [6.45, 7) is 0. The van der Waals surface area contributed by atoms with Gasteiger partial charge in [0.25, 0.3) is 0 Å². The van der Waals surface area contributed by atoms with Crippen LogP contribution in [0.1, 0.15) is 16.5 Å². The minimum atomic E-state index is -1.04. The molecule has 0 saturated heterocycles. The van der Waals surface area contributed by atoms with Crippen LogP contribution in [0, 0.1) is 17.5 Å². The summed E-state index contributed by atoms with van der Waals surface area (Å²) in [7, 11) is 1.31. The molecule has 0 spiro atoms. The first-order valence-electron chi connectivity index (χ1n) is 5.45. The Balaban J connectivity index is 2.44. The van der Waals surface area contributed by atoms with E-state index in [1.165, 1.54) is 31.4 Å². The number of benzene rings is 2. The number of rotatable bonds is 3. The topological polar surface area (TPSA) is 9.23 Å². The Morgan fingerprint density at radius 3 is 2.00 bits per heavy atom. The van der Waals surface area contributed by atoms with Crippen LogP contribution in [0.15, 0.2) is 36.4 Å². The second-order valence-electron chi connectivity index (χ2n) is 3.92. The highest BCUT2D eigenvalue weighted by Crippen LogP contribution is 2.34. The molecule has 0 radical (unpaired) electrons. The van der Waals surface area contributed by atoms with Crippen molar-refractivity contribution in [2.24, 2.45) is 0 Å². The number of hydrogen-bond donors (Lipinski definition) is 0. The van der Waals surface area contributed by atoms with Crippen LogP contribution in [0.3, 0.4) is 0 Å². The summed E-state index contributed by atoms with van der Waals surface area (Å²) in [5.74, 6) is -1.98. The molecule has 0 fully saturated rings. The van der Waals surface area contributed by atoms with Crippen molar-refractivity contribution in [1.29, 1.82) is 0 Å².